The number of methoxy groups -OCH3 is 1. The van der Waals surface area contributed by atoms with Crippen molar-refractivity contribution in [2.75, 3.05) is 31.6 Å². The molecule has 1 atom stereocenters. The van der Waals surface area contributed by atoms with E-state index in [4.69, 9.17) is 4.74 Å². The summed E-state index contributed by atoms with van der Waals surface area (Å²) in [5, 5.41) is 10.5. The molecule has 1 aromatic carbocycles. The smallest absolute Gasteiger partial charge is 0.142 e. The summed E-state index contributed by atoms with van der Waals surface area (Å²) in [6.07, 6.45) is 4.93. The summed E-state index contributed by atoms with van der Waals surface area (Å²) in [4.78, 5) is 2.43. The summed E-state index contributed by atoms with van der Waals surface area (Å²) in [6.45, 7) is 7.61. The SMILES string of the molecule is COc1cc(-c2cn[nH]c2)ccc1N1CCNC(CC(C)C)C1. The molecular weight excluding hydrogens is 288 g/mol. The highest BCUT2D eigenvalue weighted by Crippen LogP contribution is 2.33. The van der Waals surface area contributed by atoms with E-state index in [0.717, 1.165) is 36.5 Å². The molecule has 3 rings (SSSR count). The molecule has 0 amide bonds. The first kappa shape index (κ1) is 15.9. The molecule has 0 radical (unpaired) electrons. The predicted molar refractivity (Wildman–Crippen MR) is 94.0 cm³/mol. The van der Waals surface area contributed by atoms with Gasteiger partial charge >= 0.3 is 0 Å². The number of hydrogen-bond donors (Lipinski definition) is 2. The van der Waals surface area contributed by atoms with Gasteiger partial charge in [0, 0.05) is 37.4 Å². The molecule has 1 unspecified atom stereocenters. The van der Waals surface area contributed by atoms with Gasteiger partial charge in [-0.05, 0) is 30.0 Å². The molecule has 1 aliphatic rings. The van der Waals surface area contributed by atoms with Gasteiger partial charge < -0.3 is 15.0 Å². The van der Waals surface area contributed by atoms with Crippen LogP contribution in [0, 0.1) is 5.92 Å². The molecule has 2 N–H and O–H groups in total. The molecule has 0 saturated carbocycles. The molecule has 5 heteroatoms. The fraction of sp³-hybridized carbons (Fsp3) is 0.500. The third kappa shape index (κ3) is 3.67. The summed E-state index contributed by atoms with van der Waals surface area (Å²) < 4.78 is 5.66. The first-order valence-electron chi connectivity index (χ1n) is 8.33. The maximum absolute atomic E-state index is 5.66. The van der Waals surface area contributed by atoms with E-state index in [1.54, 1.807) is 7.11 Å². The van der Waals surface area contributed by atoms with Gasteiger partial charge in [0.1, 0.15) is 5.75 Å². The van der Waals surface area contributed by atoms with Crippen molar-refractivity contribution in [2.45, 2.75) is 26.3 Å². The van der Waals surface area contributed by atoms with Crippen molar-refractivity contribution in [2.24, 2.45) is 5.92 Å². The molecule has 1 fully saturated rings. The number of anilines is 1. The normalized spacial score (nSPS) is 18.4. The number of H-pyrrole nitrogens is 1. The Labute approximate surface area is 138 Å². The van der Waals surface area contributed by atoms with Gasteiger partial charge in [0.2, 0.25) is 0 Å². The monoisotopic (exact) mass is 314 g/mol. The van der Waals surface area contributed by atoms with Crippen molar-refractivity contribution < 1.29 is 4.74 Å². The van der Waals surface area contributed by atoms with Gasteiger partial charge in [0.05, 0.1) is 19.0 Å². The minimum Gasteiger partial charge on any atom is -0.495 e. The van der Waals surface area contributed by atoms with E-state index >= 15 is 0 Å². The van der Waals surface area contributed by atoms with Gasteiger partial charge in [0.25, 0.3) is 0 Å². The Morgan fingerprint density at radius 2 is 2.22 bits per heavy atom. The van der Waals surface area contributed by atoms with Crippen LogP contribution in [0.25, 0.3) is 11.1 Å². The first-order chi connectivity index (χ1) is 11.2. The number of piperazine rings is 1. The second kappa shape index (κ2) is 7.04. The van der Waals surface area contributed by atoms with E-state index in [-0.39, 0.29) is 0 Å². The van der Waals surface area contributed by atoms with Crippen LogP contribution in [-0.4, -0.2) is 43.0 Å². The van der Waals surface area contributed by atoms with Gasteiger partial charge in [-0.1, -0.05) is 19.9 Å². The Bertz CT molecular complexity index is 624. The number of ether oxygens (including phenoxy) is 1. The maximum Gasteiger partial charge on any atom is 0.142 e. The molecule has 0 spiro atoms. The maximum atomic E-state index is 5.66. The van der Waals surface area contributed by atoms with Crippen molar-refractivity contribution in [1.82, 2.24) is 15.5 Å². The van der Waals surface area contributed by atoms with E-state index in [0.29, 0.717) is 12.0 Å². The van der Waals surface area contributed by atoms with Gasteiger partial charge in [-0.15, -0.1) is 0 Å². The number of aromatic nitrogens is 2. The van der Waals surface area contributed by atoms with E-state index in [1.165, 1.54) is 12.1 Å². The van der Waals surface area contributed by atoms with Crippen molar-refractivity contribution in [3.8, 4) is 16.9 Å². The quantitative estimate of drug-likeness (QED) is 0.891. The minimum absolute atomic E-state index is 0.544. The fourth-order valence-electron chi connectivity index (χ4n) is 3.30. The lowest BCUT2D eigenvalue weighted by Crippen LogP contribution is -2.51. The minimum atomic E-state index is 0.544. The summed E-state index contributed by atoms with van der Waals surface area (Å²) >= 11 is 0. The van der Waals surface area contributed by atoms with Crippen molar-refractivity contribution in [1.29, 1.82) is 0 Å². The Balaban J connectivity index is 1.81. The van der Waals surface area contributed by atoms with Crippen LogP contribution in [0.15, 0.2) is 30.6 Å². The highest BCUT2D eigenvalue weighted by molar-refractivity contribution is 5.71. The zero-order valence-electron chi connectivity index (χ0n) is 14.2. The van der Waals surface area contributed by atoms with Gasteiger partial charge in [-0.2, -0.15) is 5.10 Å². The summed E-state index contributed by atoms with van der Waals surface area (Å²) in [5.41, 5.74) is 3.37. The number of nitrogens with zero attached hydrogens (tertiary/aromatic N) is 2. The summed E-state index contributed by atoms with van der Waals surface area (Å²) in [6, 6.07) is 6.95. The second-order valence-corrected chi connectivity index (χ2v) is 6.60. The highest BCUT2D eigenvalue weighted by atomic mass is 16.5. The van der Waals surface area contributed by atoms with Crippen LogP contribution in [-0.2, 0) is 0 Å². The highest BCUT2D eigenvalue weighted by Gasteiger charge is 2.22. The number of nitrogens with one attached hydrogen (secondary N) is 2. The Hall–Kier alpha value is -2.01. The second-order valence-electron chi connectivity index (χ2n) is 6.60. The molecule has 23 heavy (non-hydrogen) atoms. The molecule has 2 aromatic rings. The molecule has 2 heterocycles. The fourth-order valence-corrected chi connectivity index (χ4v) is 3.30. The molecule has 1 aromatic heterocycles. The molecule has 0 bridgehead atoms. The largest absolute Gasteiger partial charge is 0.495 e. The van der Waals surface area contributed by atoms with Gasteiger partial charge in [-0.3, -0.25) is 5.10 Å². The number of hydrogen-bond acceptors (Lipinski definition) is 4. The molecule has 5 nitrogen and oxygen atoms in total. The number of benzene rings is 1. The first-order valence-corrected chi connectivity index (χ1v) is 8.33. The van der Waals surface area contributed by atoms with E-state index < -0.39 is 0 Å². The van der Waals surface area contributed by atoms with Crippen LogP contribution in [0.4, 0.5) is 5.69 Å². The van der Waals surface area contributed by atoms with Crippen LogP contribution in [0.3, 0.4) is 0 Å². The van der Waals surface area contributed by atoms with Crippen molar-refractivity contribution >= 4 is 5.69 Å². The third-order valence-corrected chi connectivity index (χ3v) is 4.36. The summed E-state index contributed by atoms with van der Waals surface area (Å²) in [5.74, 6) is 1.63. The zero-order valence-corrected chi connectivity index (χ0v) is 14.2. The Morgan fingerprint density at radius 3 is 2.91 bits per heavy atom. The lowest BCUT2D eigenvalue weighted by molar-refractivity contribution is 0.380. The Morgan fingerprint density at radius 1 is 1.35 bits per heavy atom. The zero-order chi connectivity index (χ0) is 16.2. The van der Waals surface area contributed by atoms with E-state index in [1.807, 2.05) is 12.4 Å². The number of aromatic amines is 1. The molecular formula is C18H26N4O. The van der Waals surface area contributed by atoms with Crippen LogP contribution >= 0.6 is 0 Å². The molecule has 124 valence electrons. The van der Waals surface area contributed by atoms with Crippen LogP contribution in [0.1, 0.15) is 20.3 Å². The average Bonchev–Trinajstić information content (AvgIpc) is 3.08. The van der Waals surface area contributed by atoms with Crippen LogP contribution in [0.2, 0.25) is 0 Å². The third-order valence-electron chi connectivity index (χ3n) is 4.36. The Kier molecular flexibility index (Phi) is 4.86. The standard InChI is InChI=1S/C18H26N4O/c1-13(2)8-16-12-22(7-6-19-16)17-5-4-14(9-18(17)23-3)15-10-20-21-11-15/h4-5,9-11,13,16,19H,6-8,12H2,1-3H3,(H,20,21). The van der Waals surface area contributed by atoms with Crippen molar-refractivity contribution in [3.05, 3.63) is 30.6 Å². The average molecular weight is 314 g/mol. The topological polar surface area (TPSA) is 53.2 Å². The predicted octanol–water partition coefficient (Wildman–Crippen LogP) is 2.91. The lowest BCUT2D eigenvalue weighted by atomic mass is 10.0. The lowest BCUT2D eigenvalue weighted by Gasteiger charge is -2.36. The summed E-state index contributed by atoms with van der Waals surface area (Å²) in [7, 11) is 1.74. The van der Waals surface area contributed by atoms with Crippen LogP contribution in [0.5, 0.6) is 5.75 Å². The molecule has 1 saturated heterocycles. The van der Waals surface area contributed by atoms with E-state index in [9.17, 15) is 0 Å². The van der Waals surface area contributed by atoms with Crippen molar-refractivity contribution in [3.63, 3.8) is 0 Å². The molecule has 0 aliphatic carbocycles. The van der Waals surface area contributed by atoms with Gasteiger partial charge in [0.15, 0.2) is 0 Å². The number of rotatable bonds is 5. The molecule has 1 aliphatic heterocycles. The van der Waals surface area contributed by atoms with Gasteiger partial charge in [-0.25, -0.2) is 0 Å². The van der Waals surface area contributed by atoms with Crippen LogP contribution < -0.4 is 15.0 Å². The van der Waals surface area contributed by atoms with E-state index in [2.05, 4.69) is 52.5 Å².